The first-order valence-electron chi connectivity index (χ1n) is 13.6. The van der Waals surface area contributed by atoms with Crippen LogP contribution in [-0.2, 0) is 24.4 Å². The van der Waals surface area contributed by atoms with Gasteiger partial charge in [-0.25, -0.2) is 8.42 Å². The molecule has 1 unspecified atom stereocenters. The monoisotopic (exact) mass is 591 g/mol. The van der Waals surface area contributed by atoms with Crippen molar-refractivity contribution in [3.05, 3.63) is 72.8 Å². The lowest BCUT2D eigenvalue weighted by Crippen LogP contribution is -2.48. The molecule has 2 aliphatic heterocycles. The molecule has 11 nitrogen and oxygen atoms in total. The van der Waals surface area contributed by atoms with Crippen LogP contribution in [0, 0.1) is 5.92 Å². The molecule has 2 saturated heterocycles. The SMILES string of the molecule is COc1ccccc1N1CCN(S(=O)(=O)c2ccc(NC(=O)C3CC(=O)N(c4ccc(NC(C)=O)cc4)C3)cc2)CC1. The van der Waals surface area contributed by atoms with Crippen LogP contribution in [0.2, 0.25) is 0 Å². The van der Waals surface area contributed by atoms with Crippen molar-refractivity contribution in [1.82, 2.24) is 4.31 Å². The Balaban J connectivity index is 1.17. The van der Waals surface area contributed by atoms with Gasteiger partial charge < -0.3 is 25.2 Å². The number of para-hydroxylation sites is 2. The van der Waals surface area contributed by atoms with Gasteiger partial charge in [0.1, 0.15) is 5.75 Å². The average molecular weight is 592 g/mol. The fraction of sp³-hybridized carbons (Fsp3) is 0.300. The van der Waals surface area contributed by atoms with Crippen molar-refractivity contribution in [1.29, 1.82) is 0 Å². The molecular formula is C30H33N5O6S. The summed E-state index contributed by atoms with van der Waals surface area (Å²) in [6, 6.07) is 20.6. The van der Waals surface area contributed by atoms with Crippen LogP contribution in [0.5, 0.6) is 5.75 Å². The van der Waals surface area contributed by atoms with Gasteiger partial charge in [0.05, 0.1) is 23.6 Å². The minimum Gasteiger partial charge on any atom is -0.495 e. The zero-order valence-corrected chi connectivity index (χ0v) is 24.3. The van der Waals surface area contributed by atoms with Gasteiger partial charge in [-0.1, -0.05) is 12.1 Å². The number of nitrogens with one attached hydrogen (secondary N) is 2. The van der Waals surface area contributed by atoms with Crippen LogP contribution in [0.1, 0.15) is 13.3 Å². The van der Waals surface area contributed by atoms with E-state index in [0.29, 0.717) is 43.2 Å². The molecule has 5 rings (SSSR count). The quantitative estimate of drug-likeness (QED) is 0.412. The van der Waals surface area contributed by atoms with Crippen molar-refractivity contribution in [2.45, 2.75) is 18.2 Å². The molecule has 2 heterocycles. The number of ether oxygens (including phenoxy) is 1. The maximum absolute atomic E-state index is 13.3. The van der Waals surface area contributed by atoms with Crippen molar-refractivity contribution in [2.75, 3.05) is 60.3 Å². The van der Waals surface area contributed by atoms with E-state index in [2.05, 4.69) is 15.5 Å². The Hall–Kier alpha value is -4.42. The number of amides is 3. The third-order valence-electron chi connectivity index (χ3n) is 7.42. The van der Waals surface area contributed by atoms with Crippen LogP contribution in [0.15, 0.2) is 77.7 Å². The fourth-order valence-corrected chi connectivity index (χ4v) is 6.65. The fourth-order valence-electron chi connectivity index (χ4n) is 5.22. The number of methoxy groups -OCH3 is 1. The van der Waals surface area contributed by atoms with Crippen LogP contribution in [0.25, 0.3) is 0 Å². The summed E-state index contributed by atoms with van der Waals surface area (Å²) in [5, 5.41) is 5.49. The molecule has 2 aliphatic rings. The summed E-state index contributed by atoms with van der Waals surface area (Å²) < 4.78 is 33.5. The Morgan fingerprint density at radius 2 is 1.48 bits per heavy atom. The van der Waals surface area contributed by atoms with E-state index in [-0.39, 0.29) is 35.6 Å². The number of hydrogen-bond acceptors (Lipinski definition) is 7. The Bertz CT molecular complexity index is 1570. The molecular weight excluding hydrogens is 558 g/mol. The standard InChI is InChI=1S/C30H33N5O6S/c1-21(36)31-23-7-11-25(12-8-23)35-20-22(19-29(35)37)30(38)32-24-9-13-26(14-10-24)42(39,40)34-17-15-33(16-18-34)27-5-3-4-6-28(27)41-2/h3-14,22H,15-20H2,1-2H3,(H,31,36)(H,32,38). The number of carbonyl (C=O) groups is 3. The van der Waals surface area contributed by atoms with E-state index in [1.54, 1.807) is 48.4 Å². The molecule has 3 aromatic rings. The lowest BCUT2D eigenvalue weighted by atomic mass is 10.1. The molecule has 0 bridgehead atoms. The molecule has 0 aromatic heterocycles. The highest BCUT2D eigenvalue weighted by atomic mass is 32.2. The summed E-state index contributed by atoms with van der Waals surface area (Å²) in [6.07, 6.45) is 0.0621. The van der Waals surface area contributed by atoms with Gasteiger partial charge in [0.15, 0.2) is 0 Å². The molecule has 3 aromatic carbocycles. The number of sulfonamides is 1. The highest BCUT2D eigenvalue weighted by Crippen LogP contribution is 2.30. The largest absolute Gasteiger partial charge is 0.495 e. The Morgan fingerprint density at radius 3 is 2.12 bits per heavy atom. The number of nitrogens with zero attached hydrogens (tertiary/aromatic N) is 3. The average Bonchev–Trinajstić information content (AvgIpc) is 3.39. The summed E-state index contributed by atoms with van der Waals surface area (Å²) >= 11 is 0. The predicted molar refractivity (Wildman–Crippen MR) is 160 cm³/mol. The second-order valence-corrected chi connectivity index (χ2v) is 12.1. The summed E-state index contributed by atoms with van der Waals surface area (Å²) in [5.41, 5.74) is 2.64. The van der Waals surface area contributed by atoms with Crippen LogP contribution in [0.3, 0.4) is 0 Å². The minimum absolute atomic E-state index is 0.0621. The predicted octanol–water partition coefficient (Wildman–Crippen LogP) is 3.16. The number of benzene rings is 3. The zero-order chi connectivity index (χ0) is 29.9. The maximum Gasteiger partial charge on any atom is 0.243 e. The Morgan fingerprint density at radius 1 is 0.857 bits per heavy atom. The highest BCUT2D eigenvalue weighted by molar-refractivity contribution is 7.89. The number of piperazine rings is 1. The highest BCUT2D eigenvalue weighted by Gasteiger charge is 2.35. The van der Waals surface area contributed by atoms with Gasteiger partial charge in [-0.3, -0.25) is 14.4 Å². The first-order valence-corrected chi connectivity index (χ1v) is 15.1. The normalized spacial score (nSPS) is 17.7. The van der Waals surface area contributed by atoms with Crippen LogP contribution in [-0.4, -0.2) is 70.3 Å². The third kappa shape index (κ3) is 6.24. The molecule has 12 heteroatoms. The van der Waals surface area contributed by atoms with Crippen LogP contribution in [0.4, 0.5) is 22.7 Å². The maximum atomic E-state index is 13.3. The number of hydrogen-bond donors (Lipinski definition) is 2. The van der Waals surface area contributed by atoms with Crippen molar-refractivity contribution >= 4 is 50.5 Å². The lowest BCUT2D eigenvalue weighted by Gasteiger charge is -2.35. The molecule has 2 N–H and O–H groups in total. The van der Waals surface area contributed by atoms with Gasteiger partial charge in [0.2, 0.25) is 27.7 Å². The van der Waals surface area contributed by atoms with Crippen molar-refractivity contribution in [2.24, 2.45) is 5.92 Å². The minimum atomic E-state index is -3.71. The van der Waals surface area contributed by atoms with Gasteiger partial charge >= 0.3 is 0 Å². The van der Waals surface area contributed by atoms with Crippen LogP contribution >= 0.6 is 0 Å². The van der Waals surface area contributed by atoms with Crippen molar-refractivity contribution < 1.29 is 27.5 Å². The number of anilines is 4. The smallest absolute Gasteiger partial charge is 0.243 e. The van der Waals surface area contributed by atoms with E-state index < -0.39 is 15.9 Å². The molecule has 42 heavy (non-hydrogen) atoms. The molecule has 1 atom stereocenters. The molecule has 0 spiro atoms. The van der Waals surface area contributed by atoms with Crippen LogP contribution < -0.4 is 25.2 Å². The molecule has 2 fully saturated rings. The summed E-state index contributed by atoms with van der Waals surface area (Å²) in [7, 11) is -2.10. The first-order chi connectivity index (χ1) is 20.2. The van der Waals surface area contributed by atoms with Crippen molar-refractivity contribution in [3.8, 4) is 5.75 Å². The van der Waals surface area contributed by atoms with E-state index in [9.17, 15) is 22.8 Å². The molecule has 0 radical (unpaired) electrons. The van der Waals surface area contributed by atoms with Gasteiger partial charge in [-0.05, 0) is 60.7 Å². The number of carbonyl (C=O) groups excluding carboxylic acids is 3. The van der Waals surface area contributed by atoms with E-state index >= 15 is 0 Å². The van der Waals surface area contributed by atoms with Crippen molar-refractivity contribution in [3.63, 3.8) is 0 Å². The van der Waals surface area contributed by atoms with E-state index in [1.165, 1.54) is 23.4 Å². The van der Waals surface area contributed by atoms with E-state index in [1.807, 2.05) is 24.3 Å². The van der Waals surface area contributed by atoms with Gasteiger partial charge in [0.25, 0.3) is 0 Å². The summed E-state index contributed by atoms with van der Waals surface area (Å²) in [6.45, 7) is 3.37. The van der Waals surface area contributed by atoms with Gasteiger partial charge in [-0.15, -0.1) is 0 Å². The third-order valence-corrected chi connectivity index (χ3v) is 9.33. The van der Waals surface area contributed by atoms with Gasteiger partial charge in [-0.2, -0.15) is 4.31 Å². The molecule has 0 aliphatic carbocycles. The summed E-state index contributed by atoms with van der Waals surface area (Å²) in [5.74, 6) is -0.488. The second kappa shape index (κ2) is 12.2. The topological polar surface area (TPSA) is 128 Å². The first kappa shape index (κ1) is 29.1. The van der Waals surface area contributed by atoms with E-state index in [4.69, 9.17) is 4.74 Å². The second-order valence-electron chi connectivity index (χ2n) is 10.2. The molecule has 220 valence electrons. The van der Waals surface area contributed by atoms with Gasteiger partial charge in [0, 0.05) is 63.1 Å². The number of rotatable bonds is 8. The van der Waals surface area contributed by atoms with E-state index in [0.717, 1.165) is 11.4 Å². The molecule has 0 saturated carbocycles. The molecule has 3 amide bonds. The lowest BCUT2D eigenvalue weighted by molar-refractivity contribution is -0.122. The Kier molecular flexibility index (Phi) is 8.46. The summed E-state index contributed by atoms with van der Waals surface area (Å²) in [4.78, 5) is 40.6. The Labute approximate surface area is 245 Å². The zero-order valence-electron chi connectivity index (χ0n) is 23.4.